The molecule has 1 aromatic rings. The average molecular weight is 179 g/mol. The van der Waals surface area contributed by atoms with Gasteiger partial charge in [-0.05, 0) is 36.0 Å². The number of hydrogen-bond acceptors (Lipinski definition) is 1. The highest BCUT2D eigenvalue weighted by molar-refractivity contribution is 5.24. The van der Waals surface area contributed by atoms with E-state index < -0.39 is 0 Å². The monoisotopic (exact) mass is 179 g/mol. The van der Waals surface area contributed by atoms with Crippen LogP contribution in [-0.4, -0.2) is 6.04 Å². The molecule has 1 aliphatic rings. The minimum atomic E-state index is -0.167. The molecule has 1 saturated carbocycles. The van der Waals surface area contributed by atoms with Gasteiger partial charge in [0.25, 0.3) is 0 Å². The van der Waals surface area contributed by atoms with E-state index in [2.05, 4.69) is 6.92 Å². The molecule has 0 aromatic heterocycles. The molecule has 0 amide bonds. The Balaban J connectivity index is 2.14. The lowest BCUT2D eigenvalue weighted by molar-refractivity contribution is 0.226. The summed E-state index contributed by atoms with van der Waals surface area (Å²) in [5.74, 6) is 0.904. The van der Waals surface area contributed by atoms with Gasteiger partial charge in [-0.2, -0.15) is 0 Å². The van der Waals surface area contributed by atoms with Crippen molar-refractivity contribution in [3.05, 3.63) is 35.6 Å². The van der Waals surface area contributed by atoms with E-state index in [1.165, 1.54) is 17.7 Å². The zero-order valence-corrected chi connectivity index (χ0v) is 7.70. The molecule has 0 spiro atoms. The van der Waals surface area contributed by atoms with Crippen molar-refractivity contribution in [1.82, 2.24) is 0 Å². The molecule has 3 unspecified atom stereocenters. The first kappa shape index (κ1) is 8.70. The third-order valence-electron chi connectivity index (χ3n) is 3.13. The van der Waals surface area contributed by atoms with Crippen LogP contribution in [0.1, 0.15) is 24.8 Å². The van der Waals surface area contributed by atoms with E-state index in [4.69, 9.17) is 5.73 Å². The van der Waals surface area contributed by atoms with E-state index in [1.54, 1.807) is 0 Å². The number of halogens is 1. The summed E-state index contributed by atoms with van der Waals surface area (Å²) in [6.45, 7) is 2.15. The van der Waals surface area contributed by atoms with Crippen molar-refractivity contribution in [2.75, 3.05) is 0 Å². The number of rotatable bonds is 1. The second-order valence-electron chi connectivity index (χ2n) is 3.92. The molecule has 1 fully saturated rings. The fourth-order valence-electron chi connectivity index (χ4n) is 1.97. The summed E-state index contributed by atoms with van der Waals surface area (Å²) in [5, 5.41) is 0. The van der Waals surface area contributed by atoms with Crippen LogP contribution in [0, 0.1) is 11.7 Å². The van der Waals surface area contributed by atoms with Gasteiger partial charge in [0.05, 0.1) is 0 Å². The summed E-state index contributed by atoms with van der Waals surface area (Å²) in [6.07, 6.45) is 1.03. The lowest BCUT2D eigenvalue weighted by atomic mass is 9.67. The Kier molecular flexibility index (Phi) is 2.08. The van der Waals surface area contributed by atoms with Crippen LogP contribution in [0.4, 0.5) is 4.39 Å². The van der Waals surface area contributed by atoms with Gasteiger partial charge < -0.3 is 5.73 Å². The summed E-state index contributed by atoms with van der Waals surface area (Å²) >= 11 is 0. The molecule has 70 valence electrons. The van der Waals surface area contributed by atoms with Gasteiger partial charge >= 0.3 is 0 Å². The Morgan fingerprint density at radius 2 is 1.92 bits per heavy atom. The molecule has 3 atom stereocenters. The van der Waals surface area contributed by atoms with Crippen LogP contribution in [-0.2, 0) is 0 Å². The second kappa shape index (κ2) is 3.11. The molecule has 1 aromatic carbocycles. The number of nitrogens with two attached hydrogens (primary N) is 1. The third kappa shape index (κ3) is 1.46. The molecular formula is C11H14FN. The fourth-order valence-corrected chi connectivity index (χ4v) is 1.97. The molecule has 0 saturated heterocycles. The van der Waals surface area contributed by atoms with Crippen LogP contribution in [0.2, 0.25) is 0 Å². The van der Waals surface area contributed by atoms with Crippen molar-refractivity contribution in [3.8, 4) is 0 Å². The number of hydrogen-bond donors (Lipinski definition) is 1. The average Bonchev–Trinajstić information content (AvgIpc) is 2.15. The van der Waals surface area contributed by atoms with E-state index in [9.17, 15) is 4.39 Å². The van der Waals surface area contributed by atoms with Gasteiger partial charge in [0.15, 0.2) is 0 Å². The standard InChI is InChI=1S/C11H14FN/c1-7-10(6-11(7)13)8-2-4-9(12)5-3-8/h2-5,7,10-11H,6,13H2,1H3. The van der Waals surface area contributed by atoms with Crippen LogP contribution >= 0.6 is 0 Å². The predicted octanol–water partition coefficient (Wildman–Crippen LogP) is 2.28. The largest absolute Gasteiger partial charge is 0.327 e. The van der Waals surface area contributed by atoms with Gasteiger partial charge in [0.1, 0.15) is 5.82 Å². The summed E-state index contributed by atoms with van der Waals surface area (Å²) < 4.78 is 12.6. The topological polar surface area (TPSA) is 26.0 Å². The smallest absolute Gasteiger partial charge is 0.123 e. The van der Waals surface area contributed by atoms with Gasteiger partial charge in [0.2, 0.25) is 0 Å². The van der Waals surface area contributed by atoms with Crippen molar-refractivity contribution in [3.63, 3.8) is 0 Å². The van der Waals surface area contributed by atoms with Crippen molar-refractivity contribution < 1.29 is 4.39 Å². The predicted molar refractivity (Wildman–Crippen MR) is 50.9 cm³/mol. The van der Waals surface area contributed by atoms with E-state index in [-0.39, 0.29) is 5.82 Å². The first-order valence-corrected chi connectivity index (χ1v) is 4.69. The molecule has 2 N–H and O–H groups in total. The highest BCUT2D eigenvalue weighted by Gasteiger charge is 2.35. The Morgan fingerprint density at radius 3 is 2.38 bits per heavy atom. The third-order valence-corrected chi connectivity index (χ3v) is 3.13. The molecular weight excluding hydrogens is 165 g/mol. The highest BCUT2D eigenvalue weighted by Crippen LogP contribution is 2.41. The molecule has 13 heavy (non-hydrogen) atoms. The zero-order chi connectivity index (χ0) is 9.42. The van der Waals surface area contributed by atoms with Gasteiger partial charge in [-0.25, -0.2) is 4.39 Å². The van der Waals surface area contributed by atoms with Crippen molar-refractivity contribution >= 4 is 0 Å². The van der Waals surface area contributed by atoms with Crippen LogP contribution in [0.3, 0.4) is 0 Å². The molecule has 2 heteroatoms. The summed E-state index contributed by atoms with van der Waals surface area (Å²) in [4.78, 5) is 0. The molecule has 1 aliphatic carbocycles. The van der Waals surface area contributed by atoms with Gasteiger partial charge in [-0.3, -0.25) is 0 Å². The van der Waals surface area contributed by atoms with Crippen LogP contribution in [0.5, 0.6) is 0 Å². The van der Waals surface area contributed by atoms with E-state index in [0.29, 0.717) is 17.9 Å². The highest BCUT2D eigenvalue weighted by atomic mass is 19.1. The summed E-state index contributed by atoms with van der Waals surface area (Å²) in [6, 6.07) is 7.10. The van der Waals surface area contributed by atoms with Crippen LogP contribution < -0.4 is 5.73 Å². The lowest BCUT2D eigenvalue weighted by Gasteiger charge is -2.40. The van der Waals surface area contributed by atoms with Gasteiger partial charge in [0, 0.05) is 6.04 Å². The Hall–Kier alpha value is -0.890. The first-order valence-electron chi connectivity index (χ1n) is 4.69. The summed E-state index contributed by atoms with van der Waals surface area (Å²) in [5.41, 5.74) is 7.02. The van der Waals surface area contributed by atoms with Gasteiger partial charge in [-0.15, -0.1) is 0 Å². The van der Waals surface area contributed by atoms with E-state index in [0.717, 1.165) is 6.42 Å². The van der Waals surface area contributed by atoms with E-state index in [1.807, 2.05) is 12.1 Å². The quantitative estimate of drug-likeness (QED) is 0.703. The molecule has 0 bridgehead atoms. The molecule has 0 heterocycles. The van der Waals surface area contributed by atoms with Crippen LogP contribution in [0.15, 0.2) is 24.3 Å². The maximum absolute atomic E-state index is 12.6. The minimum absolute atomic E-state index is 0.167. The van der Waals surface area contributed by atoms with Gasteiger partial charge in [-0.1, -0.05) is 19.1 Å². The second-order valence-corrected chi connectivity index (χ2v) is 3.92. The molecule has 0 aliphatic heterocycles. The SMILES string of the molecule is CC1C(N)CC1c1ccc(F)cc1. The van der Waals surface area contributed by atoms with E-state index >= 15 is 0 Å². The van der Waals surface area contributed by atoms with Crippen LogP contribution in [0.25, 0.3) is 0 Å². The number of benzene rings is 1. The Bertz CT molecular complexity index is 293. The molecule has 0 radical (unpaired) electrons. The maximum Gasteiger partial charge on any atom is 0.123 e. The maximum atomic E-state index is 12.6. The molecule has 1 nitrogen and oxygen atoms in total. The Morgan fingerprint density at radius 1 is 1.31 bits per heavy atom. The van der Waals surface area contributed by atoms with Crippen molar-refractivity contribution in [2.24, 2.45) is 11.7 Å². The normalized spacial score (nSPS) is 32.7. The zero-order valence-electron chi connectivity index (χ0n) is 7.70. The molecule has 2 rings (SSSR count). The Labute approximate surface area is 77.8 Å². The van der Waals surface area contributed by atoms with Crippen molar-refractivity contribution in [2.45, 2.75) is 25.3 Å². The minimum Gasteiger partial charge on any atom is -0.327 e. The first-order chi connectivity index (χ1) is 6.18. The summed E-state index contributed by atoms with van der Waals surface area (Å²) in [7, 11) is 0. The lowest BCUT2D eigenvalue weighted by Crippen LogP contribution is -2.44. The van der Waals surface area contributed by atoms with Crippen molar-refractivity contribution in [1.29, 1.82) is 0 Å². The fraction of sp³-hybridized carbons (Fsp3) is 0.455.